The van der Waals surface area contributed by atoms with Gasteiger partial charge in [0.1, 0.15) is 12.4 Å². The first-order chi connectivity index (χ1) is 9.29. The normalized spacial score (nSPS) is 16.5. The zero-order valence-electron chi connectivity index (χ0n) is 11.6. The highest BCUT2D eigenvalue weighted by Gasteiger charge is 2.13. The van der Waals surface area contributed by atoms with E-state index in [1.807, 2.05) is 25.2 Å². The summed E-state index contributed by atoms with van der Waals surface area (Å²) in [6, 6.07) is 5.91. The number of ether oxygens (including phenoxy) is 1. The third-order valence-corrected chi connectivity index (χ3v) is 3.71. The van der Waals surface area contributed by atoms with Gasteiger partial charge in [0.05, 0.1) is 0 Å². The van der Waals surface area contributed by atoms with Crippen molar-refractivity contribution in [3.63, 3.8) is 0 Å². The van der Waals surface area contributed by atoms with E-state index in [9.17, 15) is 0 Å². The Morgan fingerprint density at radius 3 is 2.79 bits per heavy atom. The van der Waals surface area contributed by atoms with E-state index in [-0.39, 0.29) is 0 Å². The van der Waals surface area contributed by atoms with Gasteiger partial charge >= 0.3 is 0 Å². The molecule has 3 nitrogen and oxygen atoms in total. The maximum Gasteiger partial charge on any atom is 0.123 e. The van der Waals surface area contributed by atoms with Crippen LogP contribution in [0.4, 0.5) is 0 Å². The molecule has 1 heterocycles. The number of rotatable bonds is 6. The van der Waals surface area contributed by atoms with E-state index >= 15 is 0 Å². The molecular formula is C15H23ClN2O. The predicted octanol–water partition coefficient (Wildman–Crippen LogP) is 2.92. The molecule has 0 bridgehead atoms. The van der Waals surface area contributed by atoms with Crippen LogP contribution in [-0.4, -0.2) is 38.2 Å². The Morgan fingerprint density at radius 2 is 2.05 bits per heavy atom. The highest BCUT2D eigenvalue weighted by atomic mass is 35.5. The second-order valence-electron chi connectivity index (χ2n) is 5.04. The van der Waals surface area contributed by atoms with Crippen molar-refractivity contribution in [2.24, 2.45) is 0 Å². The Hall–Kier alpha value is -0.770. The molecule has 0 aromatic heterocycles. The van der Waals surface area contributed by atoms with Crippen LogP contribution in [0.15, 0.2) is 18.2 Å². The lowest BCUT2D eigenvalue weighted by Crippen LogP contribution is -2.29. The summed E-state index contributed by atoms with van der Waals surface area (Å²) in [5.74, 6) is 0.963. The molecule has 19 heavy (non-hydrogen) atoms. The maximum absolute atomic E-state index is 6.11. The summed E-state index contributed by atoms with van der Waals surface area (Å²) in [5, 5.41) is 3.87. The van der Waals surface area contributed by atoms with Crippen LogP contribution in [0, 0.1) is 0 Å². The number of nitrogens with zero attached hydrogens (tertiary/aromatic N) is 1. The van der Waals surface area contributed by atoms with Crippen molar-refractivity contribution >= 4 is 11.6 Å². The molecule has 2 rings (SSSR count). The number of piperidine rings is 1. The lowest BCUT2D eigenvalue weighted by Gasteiger charge is -2.27. The molecule has 0 aliphatic carbocycles. The quantitative estimate of drug-likeness (QED) is 0.812. The van der Waals surface area contributed by atoms with Gasteiger partial charge in [0.15, 0.2) is 0 Å². The summed E-state index contributed by atoms with van der Waals surface area (Å²) < 4.78 is 5.83. The Kier molecular flexibility index (Phi) is 5.95. The Balaban J connectivity index is 2.01. The second-order valence-corrected chi connectivity index (χ2v) is 5.48. The van der Waals surface area contributed by atoms with Crippen LogP contribution in [0.3, 0.4) is 0 Å². The van der Waals surface area contributed by atoms with Crippen LogP contribution in [0.2, 0.25) is 5.02 Å². The van der Waals surface area contributed by atoms with Gasteiger partial charge in [-0.2, -0.15) is 0 Å². The number of likely N-dealkylation sites (N-methyl/N-ethyl adjacent to an activating group) is 1. The largest absolute Gasteiger partial charge is 0.492 e. The van der Waals surface area contributed by atoms with Crippen molar-refractivity contribution in [2.75, 3.05) is 33.3 Å². The van der Waals surface area contributed by atoms with E-state index in [0.717, 1.165) is 23.9 Å². The van der Waals surface area contributed by atoms with Gasteiger partial charge in [0.2, 0.25) is 0 Å². The molecular weight excluding hydrogens is 260 g/mol. The fourth-order valence-corrected chi connectivity index (χ4v) is 2.63. The summed E-state index contributed by atoms with van der Waals surface area (Å²) in [6.07, 6.45) is 3.96. The summed E-state index contributed by atoms with van der Waals surface area (Å²) in [5.41, 5.74) is 1.20. The SMILES string of the molecule is CNCCOc1ccc(Cl)cc1CN1CCCCC1. The van der Waals surface area contributed by atoms with Crippen molar-refractivity contribution in [3.05, 3.63) is 28.8 Å². The third kappa shape index (κ3) is 4.68. The minimum Gasteiger partial charge on any atom is -0.492 e. The first kappa shape index (κ1) is 14.6. The zero-order chi connectivity index (χ0) is 13.5. The molecule has 1 aromatic rings. The van der Waals surface area contributed by atoms with Gasteiger partial charge in [-0.05, 0) is 51.2 Å². The maximum atomic E-state index is 6.11. The van der Waals surface area contributed by atoms with Crippen molar-refractivity contribution in [1.82, 2.24) is 10.2 Å². The Labute approximate surface area is 120 Å². The fourth-order valence-electron chi connectivity index (χ4n) is 2.43. The van der Waals surface area contributed by atoms with Gasteiger partial charge in [-0.15, -0.1) is 0 Å². The molecule has 4 heteroatoms. The summed E-state index contributed by atoms with van der Waals surface area (Å²) in [6.45, 7) is 4.84. The van der Waals surface area contributed by atoms with Crippen LogP contribution in [0.25, 0.3) is 0 Å². The molecule has 1 fully saturated rings. The summed E-state index contributed by atoms with van der Waals surface area (Å²) in [4.78, 5) is 2.49. The monoisotopic (exact) mass is 282 g/mol. The summed E-state index contributed by atoms with van der Waals surface area (Å²) in [7, 11) is 1.93. The molecule has 1 saturated heterocycles. The number of hydrogen-bond acceptors (Lipinski definition) is 3. The number of likely N-dealkylation sites (tertiary alicyclic amines) is 1. The van der Waals surface area contributed by atoms with Crippen LogP contribution in [-0.2, 0) is 6.54 Å². The standard InChI is InChI=1S/C15H23ClN2O/c1-17-7-10-19-15-6-5-14(16)11-13(15)12-18-8-3-2-4-9-18/h5-6,11,17H,2-4,7-10,12H2,1H3. The van der Waals surface area contributed by atoms with Gasteiger partial charge in [0, 0.05) is 23.7 Å². The van der Waals surface area contributed by atoms with Crippen LogP contribution in [0.5, 0.6) is 5.75 Å². The molecule has 1 aliphatic rings. The predicted molar refractivity (Wildman–Crippen MR) is 80.0 cm³/mol. The van der Waals surface area contributed by atoms with Crippen LogP contribution < -0.4 is 10.1 Å². The lowest BCUT2D eigenvalue weighted by molar-refractivity contribution is 0.216. The average molecular weight is 283 g/mol. The molecule has 1 N–H and O–H groups in total. The second kappa shape index (κ2) is 7.73. The van der Waals surface area contributed by atoms with E-state index in [1.54, 1.807) is 0 Å². The van der Waals surface area contributed by atoms with Crippen molar-refractivity contribution in [3.8, 4) is 5.75 Å². The smallest absolute Gasteiger partial charge is 0.123 e. The Bertz CT molecular complexity index is 392. The van der Waals surface area contributed by atoms with Gasteiger partial charge in [-0.1, -0.05) is 18.0 Å². The molecule has 0 spiro atoms. The minimum atomic E-state index is 0.686. The Morgan fingerprint density at radius 1 is 1.26 bits per heavy atom. The summed E-state index contributed by atoms with van der Waals surface area (Å²) >= 11 is 6.11. The number of benzene rings is 1. The molecule has 0 amide bonds. The molecule has 1 aliphatic heterocycles. The van der Waals surface area contributed by atoms with E-state index in [0.29, 0.717) is 6.61 Å². The zero-order valence-corrected chi connectivity index (χ0v) is 12.4. The number of nitrogens with one attached hydrogen (secondary N) is 1. The minimum absolute atomic E-state index is 0.686. The van der Waals surface area contributed by atoms with Gasteiger partial charge < -0.3 is 10.1 Å². The molecule has 1 aromatic carbocycles. The van der Waals surface area contributed by atoms with Crippen LogP contribution in [0.1, 0.15) is 24.8 Å². The highest BCUT2D eigenvalue weighted by Crippen LogP contribution is 2.25. The average Bonchev–Trinajstić information content (AvgIpc) is 2.43. The van der Waals surface area contributed by atoms with Gasteiger partial charge in [-0.25, -0.2) is 0 Å². The molecule has 0 atom stereocenters. The van der Waals surface area contributed by atoms with Gasteiger partial charge in [-0.3, -0.25) is 4.90 Å². The topological polar surface area (TPSA) is 24.5 Å². The van der Waals surface area contributed by atoms with Crippen molar-refractivity contribution in [2.45, 2.75) is 25.8 Å². The van der Waals surface area contributed by atoms with Crippen molar-refractivity contribution in [1.29, 1.82) is 0 Å². The van der Waals surface area contributed by atoms with E-state index in [2.05, 4.69) is 10.2 Å². The van der Waals surface area contributed by atoms with Crippen LogP contribution >= 0.6 is 11.6 Å². The van der Waals surface area contributed by atoms with Crippen molar-refractivity contribution < 1.29 is 4.74 Å². The third-order valence-electron chi connectivity index (χ3n) is 3.47. The lowest BCUT2D eigenvalue weighted by atomic mass is 10.1. The van der Waals surface area contributed by atoms with E-state index in [1.165, 1.54) is 37.9 Å². The molecule has 0 saturated carbocycles. The van der Waals surface area contributed by atoms with E-state index in [4.69, 9.17) is 16.3 Å². The highest BCUT2D eigenvalue weighted by molar-refractivity contribution is 6.30. The molecule has 106 valence electrons. The number of halogens is 1. The molecule has 0 unspecified atom stereocenters. The van der Waals surface area contributed by atoms with Gasteiger partial charge in [0.25, 0.3) is 0 Å². The molecule has 0 radical (unpaired) electrons. The first-order valence-electron chi connectivity index (χ1n) is 7.08. The first-order valence-corrected chi connectivity index (χ1v) is 7.45. The number of hydrogen-bond donors (Lipinski definition) is 1. The fraction of sp³-hybridized carbons (Fsp3) is 0.600. The van der Waals surface area contributed by atoms with E-state index < -0.39 is 0 Å².